The minimum Gasteiger partial charge on any atom is -0.325 e. The lowest BCUT2D eigenvalue weighted by atomic mass is 9.89. The standard InChI is InChI=1S/C23H27N3O2S/c1-13(2)16-6-8-17(9-7-16)25-20(27)12-26-15(4)24-22-21(23(26)28)18-10-5-14(3)11-19(18)29-22/h6-9,13-14H,5,10-12H2,1-4H3,(H,25,27). The van der Waals surface area contributed by atoms with Crippen LogP contribution in [-0.4, -0.2) is 15.5 Å². The predicted molar refractivity (Wildman–Crippen MR) is 119 cm³/mol. The number of carbonyl (C=O) groups is 1. The molecular formula is C23H27N3O2S. The van der Waals surface area contributed by atoms with Gasteiger partial charge in [0, 0.05) is 10.6 Å². The SMILES string of the molecule is Cc1nc2sc3c(c2c(=O)n1CC(=O)Nc1ccc(C(C)C)cc1)CCC(C)C3. The van der Waals surface area contributed by atoms with Crippen LogP contribution in [0.25, 0.3) is 10.2 Å². The topological polar surface area (TPSA) is 64.0 Å². The number of hydrogen-bond donors (Lipinski definition) is 1. The van der Waals surface area contributed by atoms with Crippen molar-refractivity contribution in [3.8, 4) is 0 Å². The minimum absolute atomic E-state index is 0.0272. The summed E-state index contributed by atoms with van der Waals surface area (Å²) >= 11 is 1.64. The smallest absolute Gasteiger partial charge is 0.263 e. The van der Waals surface area contributed by atoms with Crippen molar-refractivity contribution >= 4 is 33.1 Å². The van der Waals surface area contributed by atoms with Crippen LogP contribution < -0.4 is 10.9 Å². The van der Waals surface area contributed by atoms with Gasteiger partial charge in [0.1, 0.15) is 17.2 Å². The van der Waals surface area contributed by atoms with E-state index in [4.69, 9.17) is 0 Å². The molecule has 152 valence electrons. The fraction of sp³-hybridized carbons (Fsp3) is 0.435. The Kier molecular flexibility index (Phi) is 5.30. The third kappa shape index (κ3) is 3.86. The summed E-state index contributed by atoms with van der Waals surface area (Å²) in [5.74, 6) is 1.45. The van der Waals surface area contributed by atoms with Gasteiger partial charge < -0.3 is 5.32 Å². The van der Waals surface area contributed by atoms with Gasteiger partial charge in [-0.05, 0) is 61.3 Å². The Hall–Kier alpha value is -2.47. The zero-order valence-corrected chi connectivity index (χ0v) is 18.2. The fourth-order valence-electron chi connectivity index (χ4n) is 4.01. The Labute approximate surface area is 174 Å². The number of aryl methyl sites for hydroxylation is 2. The fourth-order valence-corrected chi connectivity index (χ4v) is 5.43. The third-order valence-corrected chi connectivity index (χ3v) is 6.92. The molecular weight excluding hydrogens is 382 g/mol. The number of carbonyl (C=O) groups excluding carboxylic acids is 1. The number of nitrogens with one attached hydrogen (secondary N) is 1. The number of nitrogens with zero attached hydrogens (tertiary/aromatic N) is 2. The molecule has 0 radical (unpaired) electrons. The van der Waals surface area contributed by atoms with Crippen LogP contribution in [0, 0.1) is 12.8 Å². The first-order valence-corrected chi connectivity index (χ1v) is 11.1. The number of aromatic nitrogens is 2. The van der Waals surface area contributed by atoms with E-state index in [1.54, 1.807) is 18.3 Å². The van der Waals surface area contributed by atoms with E-state index in [1.807, 2.05) is 24.3 Å². The van der Waals surface area contributed by atoms with E-state index in [0.717, 1.165) is 40.7 Å². The van der Waals surface area contributed by atoms with Gasteiger partial charge in [0.25, 0.3) is 5.56 Å². The van der Waals surface area contributed by atoms with Crippen LogP contribution in [0.4, 0.5) is 5.69 Å². The summed E-state index contributed by atoms with van der Waals surface area (Å²) in [6, 6.07) is 7.84. The molecule has 1 aliphatic carbocycles. The Balaban J connectivity index is 1.60. The zero-order valence-electron chi connectivity index (χ0n) is 17.4. The second-order valence-corrected chi connectivity index (χ2v) is 9.49. The molecule has 4 rings (SSSR count). The quantitative estimate of drug-likeness (QED) is 0.682. The van der Waals surface area contributed by atoms with Crippen LogP contribution in [0.15, 0.2) is 29.1 Å². The molecule has 1 aliphatic rings. The summed E-state index contributed by atoms with van der Waals surface area (Å²) in [4.78, 5) is 32.6. The second kappa shape index (κ2) is 7.75. The highest BCUT2D eigenvalue weighted by Crippen LogP contribution is 2.35. The van der Waals surface area contributed by atoms with Gasteiger partial charge in [-0.15, -0.1) is 11.3 Å². The molecule has 0 aliphatic heterocycles. The maximum absolute atomic E-state index is 13.2. The average molecular weight is 410 g/mol. The summed E-state index contributed by atoms with van der Waals surface area (Å²) in [5.41, 5.74) is 3.02. The van der Waals surface area contributed by atoms with Crippen LogP contribution in [0.1, 0.15) is 54.9 Å². The molecule has 0 fully saturated rings. The van der Waals surface area contributed by atoms with Gasteiger partial charge in [0.05, 0.1) is 5.39 Å². The van der Waals surface area contributed by atoms with E-state index in [2.05, 4.69) is 31.1 Å². The first-order chi connectivity index (χ1) is 13.8. The molecule has 3 aromatic rings. The maximum Gasteiger partial charge on any atom is 0.263 e. The summed E-state index contributed by atoms with van der Waals surface area (Å²) in [6.45, 7) is 8.29. The number of rotatable bonds is 4. The van der Waals surface area contributed by atoms with Crippen molar-refractivity contribution in [1.29, 1.82) is 0 Å². The number of benzene rings is 1. The van der Waals surface area contributed by atoms with E-state index in [1.165, 1.54) is 15.0 Å². The van der Waals surface area contributed by atoms with Crippen molar-refractivity contribution < 1.29 is 4.79 Å². The Morgan fingerprint density at radius 3 is 2.72 bits per heavy atom. The second-order valence-electron chi connectivity index (χ2n) is 8.41. The molecule has 29 heavy (non-hydrogen) atoms. The highest BCUT2D eigenvalue weighted by Gasteiger charge is 2.24. The lowest BCUT2D eigenvalue weighted by molar-refractivity contribution is -0.116. The highest BCUT2D eigenvalue weighted by atomic mass is 32.1. The van der Waals surface area contributed by atoms with Gasteiger partial charge in [-0.3, -0.25) is 14.2 Å². The number of thiophene rings is 1. The van der Waals surface area contributed by atoms with Crippen LogP contribution in [0.5, 0.6) is 0 Å². The molecule has 0 saturated carbocycles. The monoisotopic (exact) mass is 409 g/mol. The first-order valence-electron chi connectivity index (χ1n) is 10.2. The van der Waals surface area contributed by atoms with Crippen molar-refractivity contribution in [2.75, 3.05) is 5.32 Å². The molecule has 1 aromatic carbocycles. The third-order valence-electron chi connectivity index (χ3n) is 5.77. The Bertz CT molecular complexity index is 1130. The summed E-state index contributed by atoms with van der Waals surface area (Å²) in [6.07, 6.45) is 3.03. The molecule has 2 heterocycles. The molecule has 5 nitrogen and oxygen atoms in total. The Morgan fingerprint density at radius 1 is 1.31 bits per heavy atom. The van der Waals surface area contributed by atoms with Crippen LogP contribution in [0.2, 0.25) is 0 Å². The molecule has 0 saturated heterocycles. The number of anilines is 1. The van der Waals surface area contributed by atoms with Crippen LogP contribution in [-0.2, 0) is 24.2 Å². The van der Waals surface area contributed by atoms with Gasteiger partial charge in [-0.1, -0.05) is 32.9 Å². The van der Waals surface area contributed by atoms with Crippen LogP contribution >= 0.6 is 11.3 Å². The average Bonchev–Trinajstić information content (AvgIpc) is 3.02. The minimum atomic E-state index is -0.216. The van der Waals surface area contributed by atoms with E-state index < -0.39 is 0 Å². The largest absolute Gasteiger partial charge is 0.325 e. The van der Waals surface area contributed by atoms with Crippen molar-refractivity contribution in [1.82, 2.24) is 9.55 Å². The van der Waals surface area contributed by atoms with E-state index in [9.17, 15) is 9.59 Å². The van der Waals surface area contributed by atoms with Gasteiger partial charge in [0.15, 0.2) is 0 Å². The normalized spacial score (nSPS) is 16.2. The lowest BCUT2D eigenvalue weighted by Gasteiger charge is -2.17. The van der Waals surface area contributed by atoms with Gasteiger partial charge in [-0.25, -0.2) is 4.98 Å². The van der Waals surface area contributed by atoms with E-state index in [-0.39, 0.29) is 18.0 Å². The van der Waals surface area contributed by atoms with Crippen LogP contribution in [0.3, 0.4) is 0 Å². The van der Waals surface area contributed by atoms with Gasteiger partial charge in [-0.2, -0.15) is 0 Å². The summed E-state index contributed by atoms with van der Waals surface area (Å²) in [7, 11) is 0. The number of amides is 1. The molecule has 1 atom stereocenters. The molecule has 0 spiro atoms. The zero-order chi connectivity index (χ0) is 20.7. The first kappa shape index (κ1) is 19.8. The Morgan fingerprint density at radius 2 is 2.03 bits per heavy atom. The molecule has 1 amide bonds. The van der Waals surface area contributed by atoms with Crippen molar-refractivity contribution in [3.05, 3.63) is 56.4 Å². The van der Waals surface area contributed by atoms with Gasteiger partial charge in [0.2, 0.25) is 5.91 Å². The van der Waals surface area contributed by atoms with E-state index in [0.29, 0.717) is 17.7 Å². The predicted octanol–water partition coefficient (Wildman–Crippen LogP) is 4.65. The van der Waals surface area contributed by atoms with Crippen molar-refractivity contribution in [2.45, 2.75) is 59.4 Å². The molecule has 2 aromatic heterocycles. The number of fused-ring (bicyclic) bond motifs is 3. The van der Waals surface area contributed by atoms with Gasteiger partial charge >= 0.3 is 0 Å². The molecule has 1 unspecified atom stereocenters. The summed E-state index contributed by atoms with van der Waals surface area (Å²) in [5, 5.41) is 3.62. The van der Waals surface area contributed by atoms with Crippen molar-refractivity contribution in [3.63, 3.8) is 0 Å². The lowest BCUT2D eigenvalue weighted by Crippen LogP contribution is -2.30. The molecule has 1 N–H and O–H groups in total. The molecule has 0 bridgehead atoms. The summed E-state index contributed by atoms with van der Waals surface area (Å²) < 4.78 is 1.51. The maximum atomic E-state index is 13.2. The van der Waals surface area contributed by atoms with Crippen molar-refractivity contribution in [2.24, 2.45) is 5.92 Å². The van der Waals surface area contributed by atoms with E-state index >= 15 is 0 Å². The molecule has 6 heteroatoms. The number of hydrogen-bond acceptors (Lipinski definition) is 4. The highest BCUT2D eigenvalue weighted by molar-refractivity contribution is 7.18.